The van der Waals surface area contributed by atoms with Crippen LogP contribution in [0.15, 0.2) is 111 Å². The summed E-state index contributed by atoms with van der Waals surface area (Å²) in [4.78, 5) is 12.0. The molecule has 0 saturated heterocycles. The number of carboxylic acid groups (broad SMARTS) is 1. The predicted octanol–water partition coefficient (Wildman–Crippen LogP) is 5.73. The van der Waals surface area contributed by atoms with Crippen LogP contribution in [0.25, 0.3) is 0 Å². The standard InChI is InChI=1S/C29H27BrN2O6S2/c1-20-8-13-24(14-9-20)39(35,36)31-27-17-12-23(30)18-26(27)29(22-6-4-3-5-7-22)32(19-28(33)34)40(37,38)25-15-10-21(2)11-16-25/h3-18,29,31H,19H2,1-2H3,(H,33,34)/t29-/m1/s1. The Labute approximate surface area is 242 Å². The number of anilines is 1. The highest BCUT2D eigenvalue weighted by molar-refractivity contribution is 9.10. The van der Waals surface area contributed by atoms with Gasteiger partial charge in [-0.3, -0.25) is 9.52 Å². The largest absolute Gasteiger partial charge is 0.480 e. The number of carboxylic acids is 1. The van der Waals surface area contributed by atoms with Crippen LogP contribution in [0, 0.1) is 13.8 Å². The second-order valence-electron chi connectivity index (χ2n) is 9.22. The minimum absolute atomic E-state index is 0.0258. The van der Waals surface area contributed by atoms with Gasteiger partial charge in [0.1, 0.15) is 6.54 Å². The molecule has 11 heteroatoms. The Morgan fingerprint density at radius 3 is 1.93 bits per heavy atom. The van der Waals surface area contributed by atoms with Crippen LogP contribution >= 0.6 is 15.9 Å². The molecular formula is C29H27BrN2O6S2. The van der Waals surface area contributed by atoms with E-state index in [4.69, 9.17) is 0 Å². The Hall–Kier alpha value is -3.51. The van der Waals surface area contributed by atoms with Crippen LogP contribution in [-0.4, -0.2) is 38.8 Å². The van der Waals surface area contributed by atoms with E-state index in [9.17, 15) is 26.7 Å². The summed E-state index contributed by atoms with van der Waals surface area (Å²) in [6, 6.07) is 24.4. The van der Waals surface area contributed by atoms with Crippen LogP contribution in [-0.2, 0) is 24.8 Å². The fourth-order valence-electron chi connectivity index (χ4n) is 4.20. The maximum Gasteiger partial charge on any atom is 0.318 e. The lowest BCUT2D eigenvalue weighted by Crippen LogP contribution is -2.39. The quantitative estimate of drug-likeness (QED) is 0.228. The number of halogens is 1. The SMILES string of the molecule is Cc1ccc(S(=O)(=O)Nc2ccc(Br)cc2[C@@H](c2ccccc2)N(CC(=O)O)S(=O)(=O)c2ccc(C)cc2)cc1. The highest BCUT2D eigenvalue weighted by Gasteiger charge is 2.37. The zero-order chi connectivity index (χ0) is 29.1. The van der Waals surface area contributed by atoms with E-state index in [1.165, 1.54) is 30.3 Å². The zero-order valence-electron chi connectivity index (χ0n) is 21.7. The predicted molar refractivity (Wildman–Crippen MR) is 157 cm³/mol. The van der Waals surface area contributed by atoms with Crippen LogP contribution in [0.1, 0.15) is 28.3 Å². The molecule has 0 heterocycles. The van der Waals surface area contributed by atoms with Crippen LogP contribution in [0.2, 0.25) is 0 Å². The number of rotatable bonds is 10. The highest BCUT2D eigenvalue weighted by Crippen LogP contribution is 2.39. The first-order valence-corrected chi connectivity index (χ1v) is 15.8. The number of nitrogens with one attached hydrogen (secondary N) is 1. The first kappa shape index (κ1) is 29.5. The molecule has 0 radical (unpaired) electrons. The molecule has 40 heavy (non-hydrogen) atoms. The normalized spacial score (nSPS) is 12.7. The summed E-state index contributed by atoms with van der Waals surface area (Å²) in [5, 5.41) is 9.84. The average molecular weight is 644 g/mol. The maximum absolute atomic E-state index is 14.0. The monoisotopic (exact) mass is 642 g/mol. The van der Waals surface area contributed by atoms with Crippen molar-refractivity contribution < 1.29 is 26.7 Å². The highest BCUT2D eigenvalue weighted by atomic mass is 79.9. The fourth-order valence-corrected chi connectivity index (χ4v) is 7.21. The van der Waals surface area contributed by atoms with Crippen molar-refractivity contribution in [1.29, 1.82) is 0 Å². The molecule has 0 aliphatic rings. The van der Waals surface area contributed by atoms with E-state index in [2.05, 4.69) is 20.7 Å². The molecule has 208 valence electrons. The molecule has 0 unspecified atom stereocenters. The molecule has 0 fully saturated rings. The van der Waals surface area contributed by atoms with Crippen molar-refractivity contribution in [1.82, 2.24) is 4.31 Å². The molecule has 4 aromatic rings. The molecule has 1 atom stereocenters. The molecule has 0 aromatic heterocycles. The van der Waals surface area contributed by atoms with E-state index in [1.54, 1.807) is 66.7 Å². The molecule has 8 nitrogen and oxygen atoms in total. The molecule has 0 amide bonds. The Morgan fingerprint density at radius 2 is 1.38 bits per heavy atom. The van der Waals surface area contributed by atoms with Crippen LogP contribution in [0.5, 0.6) is 0 Å². The molecular weight excluding hydrogens is 616 g/mol. The van der Waals surface area contributed by atoms with Crippen molar-refractivity contribution in [2.45, 2.75) is 29.7 Å². The zero-order valence-corrected chi connectivity index (χ0v) is 24.9. The Balaban J connectivity index is 1.94. The van der Waals surface area contributed by atoms with E-state index < -0.39 is 38.6 Å². The number of carbonyl (C=O) groups is 1. The third kappa shape index (κ3) is 6.61. The fraction of sp³-hybridized carbons (Fsp3) is 0.138. The Bertz CT molecular complexity index is 1730. The van der Waals surface area contributed by atoms with Gasteiger partial charge < -0.3 is 5.11 Å². The van der Waals surface area contributed by atoms with Crippen molar-refractivity contribution in [3.8, 4) is 0 Å². The van der Waals surface area contributed by atoms with Gasteiger partial charge in [-0.2, -0.15) is 4.31 Å². The van der Waals surface area contributed by atoms with Crippen molar-refractivity contribution >= 4 is 47.6 Å². The number of benzene rings is 4. The molecule has 0 bridgehead atoms. The van der Waals surface area contributed by atoms with Gasteiger partial charge >= 0.3 is 5.97 Å². The first-order chi connectivity index (χ1) is 18.9. The third-order valence-electron chi connectivity index (χ3n) is 6.21. The van der Waals surface area contributed by atoms with Crippen molar-refractivity contribution in [2.75, 3.05) is 11.3 Å². The minimum atomic E-state index is -4.38. The van der Waals surface area contributed by atoms with Gasteiger partial charge in [0.25, 0.3) is 10.0 Å². The van der Waals surface area contributed by atoms with Crippen LogP contribution in [0.4, 0.5) is 5.69 Å². The second kappa shape index (κ2) is 11.9. The number of aliphatic carboxylic acids is 1. The first-order valence-electron chi connectivity index (χ1n) is 12.1. The molecule has 4 aromatic carbocycles. The van der Waals surface area contributed by atoms with Gasteiger partial charge in [0.15, 0.2) is 0 Å². The van der Waals surface area contributed by atoms with E-state index in [0.29, 0.717) is 10.0 Å². The number of nitrogens with zero attached hydrogens (tertiary/aromatic N) is 1. The van der Waals surface area contributed by atoms with Gasteiger partial charge in [0.2, 0.25) is 10.0 Å². The summed E-state index contributed by atoms with van der Waals surface area (Å²) in [6.45, 7) is 2.78. The summed E-state index contributed by atoms with van der Waals surface area (Å²) >= 11 is 3.41. The van der Waals surface area contributed by atoms with Crippen molar-refractivity contribution in [3.63, 3.8) is 0 Å². The van der Waals surface area contributed by atoms with Crippen molar-refractivity contribution in [3.05, 3.63) is 124 Å². The lowest BCUT2D eigenvalue weighted by molar-refractivity contribution is -0.137. The molecule has 0 saturated carbocycles. The van der Waals surface area contributed by atoms with E-state index >= 15 is 0 Å². The number of hydrogen-bond acceptors (Lipinski definition) is 5. The number of hydrogen-bond donors (Lipinski definition) is 2. The summed E-state index contributed by atoms with van der Waals surface area (Å²) in [7, 11) is -8.45. The molecule has 2 N–H and O–H groups in total. The van der Waals surface area contributed by atoms with Gasteiger partial charge in [-0.25, -0.2) is 16.8 Å². The average Bonchev–Trinajstić information content (AvgIpc) is 2.90. The van der Waals surface area contributed by atoms with Crippen molar-refractivity contribution in [2.24, 2.45) is 0 Å². The molecule has 0 aliphatic heterocycles. The molecule has 0 aliphatic carbocycles. The summed E-state index contributed by atoms with van der Waals surface area (Å²) < 4.78 is 58.8. The number of aryl methyl sites for hydroxylation is 2. The summed E-state index contributed by atoms with van der Waals surface area (Å²) in [5.41, 5.74) is 2.52. The van der Waals surface area contributed by atoms with Gasteiger partial charge in [0.05, 0.1) is 21.5 Å². The van der Waals surface area contributed by atoms with E-state index in [0.717, 1.165) is 15.4 Å². The Kier molecular flexibility index (Phi) is 8.79. The smallest absolute Gasteiger partial charge is 0.318 e. The van der Waals surface area contributed by atoms with Gasteiger partial charge in [0, 0.05) is 10.0 Å². The summed E-state index contributed by atoms with van der Waals surface area (Å²) in [5.74, 6) is -1.37. The topological polar surface area (TPSA) is 121 Å². The van der Waals surface area contributed by atoms with Crippen LogP contribution in [0.3, 0.4) is 0 Å². The third-order valence-corrected chi connectivity index (χ3v) is 9.91. The molecule has 4 rings (SSSR count). The van der Waals surface area contributed by atoms with Gasteiger partial charge in [-0.05, 0) is 61.9 Å². The van der Waals surface area contributed by atoms with E-state index in [1.807, 2.05) is 13.8 Å². The molecule has 0 spiro atoms. The lowest BCUT2D eigenvalue weighted by atomic mass is 9.97. The van der Waals surface area contributed by atoms with Crippen LogP contribution < -0.4 is 4.72 Å². The number of sulfonamides is 2. The lowest BCUT2D eigenvalue weighted by Gasteiger charge is -2.32. The Morgan fingerprint density at radius 1 is 0.825 bits per heavy atom. The minimum Gasteiger partial charge on any atom is -0.480 e. The summed E-state index contributed by atoms with van der Waals surface area (Å²) in [6.07, 6.45) is 0. The van der Waals surface area contributed by atoms with Gasteiger partial charge in [-0.1, -0.05) is 81.7 Å². The second-order valence-corrected chi connectivity index (χ2v) is 13.7. The van der Waals surface area contributed by atoms with Gasteiger partial charge in [-0.15, -0.1) is 0 Å². The maximum atomic E-state index is 14.0. The van der Waals surface area contributed by atoms with E-state index in [-0.39, 0.29) is 21.0 Å².